The molecule has 2 aliphatic rings. The molecular weight excluding hydrogens is 712 g/mol. The summed E-state index contributed by atoms with van der Waals surface area (Å²) in [6, 6.07) is 55.7. The van der Waals surface area contributed by atoms with Crippen molar-refractivity contribution in [2.24, 2.45) is 10.7 Å². The van der Waals surface area contributed by atoms with E-state index in [9.17, 15) is 4.39 Å². The van der Waals surface area contributed by atoms with Crippen LogP contribution < -0.4 is 10.6 Å². The van der Waals surface area contributed by atoms with Gasteiger partial charge >= 0.3 is 0 Å². The van der Waals surface area contributed by atoms with E-state index in [2.05, 4.69) is 168 Å². The predicted octanol–water partition coefficient (Wildman–Crippen LogP) is 12.9. The largest absolute Gasteiger partial charge is 0.369 e. The normalized spacial score (nSPS) is 16.0. The Hall–Kier alpha value is -7.50. The van der Waals surface area contributed by atoms with Gasteiger partial charge in [0.05, 0.1) is 17.1 Å². The van der Waals surface area contributed by atoms with E-state index in [0.29, 0.717) is 5.96 Å². The third-order valence-electron chi connectivity index (χ3n) is 11.4. The summed E-state index contributed by atoms with van der Waals surface area (Å²) in [6.07, 6.45) is 12.3. The lowest BCUT2D eigenvalue weighted by atomic mass is 9.89. The fourth-order valence-corrected chi connectivity index (χ4v) is 8.58. The first kappa shape index (κ1) is 35.0. The standard InChI is InChI=1S/C53H39FN4/c1-35(39-13-9-14-40(31-39)38-23-21-37(22-24-38)36-11-3-2-4-12-36)29-30-56-53(55)58-50-20-8-6-18-46(50)48-33-42(26-28-52(48)58)41-25-27-51-47(32-41)45-17-5-7-19-49(45)57(51)44-16-10-15-43(54)34-44/h2-34,46,50H,1H2,(H2,55,56)/b30-29-. The number of anilines is 1. The third-order valence-corrected chi connectivity index (χ3v) is 11.4. The number of para-hydroxylation sites is 1. The molecule has 0 amide bonds. The molecule has 1 aliphatic carbocycles. The monoisotopic (exact) mass is 750 g/mol. The molecule has 0 saturated carbocycles. The highest BCUT2D eigenvalue weighted by molar-refractivity contribution is 6.10. The van der Waals surface area contributed by atoms with E-state index < -0.39 is 0 Å². The highest BCUT2D eigenvalue weighted by Gasteiger charge is 2.38. The molecule has 7 aromatic carbocycles. The molecule has 10 rings (SSSR count). The van der Waals surface area contributed by atoms with Crippen LogP contribution in [-0.2, 0) is 0 Å². The highest BCUT2D eigenvalue weighted by Crippen LogP contribution is 2.46. The molecule has 0 spiro atoms. The van der Waals surface area contributed by atoms with Crippen LogP contribution in [0.25, 0.3) is 66.4 Å². The molecule has 0 saturated heterocycles. The fourth-order valence-electron chi connectivity index (χ4n) is 8.58. The van der Waals surface area contributed by atoms with E-state index in [1.54, 1.807) is 18.3 Å². The van der Waals surface area contributed by atoms with E-state index in [4.69, 9.17) is 10.7 Å². The summed E-state index contributed by atoms with van der Waals surface area (Å²) in [5, 5.41) is 2.24. The Morgan fingerprint density at radius 1 is 0.603 bits per heavy atom. The quantitative estimate of drug-likeness (QED) is 0.100. The molecule has 2 unspecified atom stereocenters. The smallest absolute Gasteiger partial charge is 0.201 e. The van der Waals surface area contributed by atoms with Gasteiger partial charge < -0.3 is 15.2 Å². The summed E-state index contributed by atoms with van der Waals surface area (Å²) in [5.41, 5.74) is 20.7. The van der Waals surface area contributed by atoms with Crippen LogP contribution in [0.4, 0.5) is 10.1 Å². The summed E-state index contributed by atoms with van der Waals surface area (Å²) in [5.74, 6) is 0.285. The van der Waals surface area contributed by atoms with E-state index in [0.717, 1.165) is 66.6 Å². The Morgan fingerprint density at radius 2 is 1.26 bits per heavy atom. The van der Waals surface area contributed by atoms with Crippen molar-refractivity contribution in [3.8, 4) is 39.1 Å². The first-order valence-electron chi connectivity index (χ1n) is 19.5. The molecule has 8 aromatic rings. The molecule has 0 fully saturated rings. The number of hydrogen-bond donors (Lipinski definition) is 1. The number of nitrogens with two attached hydrogens (primary N) is 1. The van der Waals surface area contributed by atoms with Crippen LogP contribution in [0.15, 0.2) is 212 Å². The predicted molar refractivity (Wildman–Crippen MR) is 241 cm³/mol. The number of nitrogens with zero attached hydrogens (tertiary/aromatic N) is 3. The lowest BCUT2D eigenvalue weighted by Gasteiger charge is -2.27. The third kappa shape index (κ3) is 6.23. The lowest BCUT2D eigenvalue weighted by Crippen LogP contribution is -2.42. The number of hydrogen-bond acceptors (Lipinski definition) is 1. The van der Waals surface area contributed by atoms with Gasteiger partial charge in [-0.15, -0.1) is 0 Å². The molecule has 278 valence electrons. The molecule has 1 aliphatic heterocycles. The summed E-state index contributed by atoms with van der Waals surface area (Å²) in [4.78, 5) is 6.88. The maximum atomic E-state index is 14.4. The zero-order valence-corrected chi connectivity index (χ0v) is 31.7. The minimum absolute atomic E-state index is 0.00675. The van der Waals surface area contributed by atoms with Crippen LogP contribution >= 0.6 is 0 Å². The van der Waals surface area contributed by atoms with E-state index >= 15 is 0 Å². The number of rotatable bonds is 7. The molecule has 2 N–H and O–H groups in total. The van der Waals surface area contributed by atoms with Crippen LogP contribution in [0.5, 0.6) is 0 Å². The number of allylic oxidation sites excluding steroid dienone is 4. The minimum atomic E-state index is -0.257. The maximum Gasteiger partial charge on any atom is 0.201 e. The van der Waals surface area contributed by atoms with Gasteiger partial charge in [-0.3, -0.25) is 0 Å². The van der Waals surface area contributed by atoms with Crippen LogP contribution in [0.1, 0.15) is 17.0 Å². The van der Waals surface area contributed by atoms with E-state index in [1.807, 2.05) is 24.3 Å². The minimum Gasteiger partial charge on any atom is -0.369 e. The Morgan fingerprint density at radius 3 is 2.10 bits per heavy atom. The van der Waals surface area contributed by atoms with E-state index in [-0.39, 0.29) is 17.8 Å². The van der Waals surface area contributed by atoms with E-state index in [1.165, 1.54) is 22.8 Å². The molecule has 1 aromatic heterocycles. The molecule has 5 heteroatoms. The van der Waals surface area contributed by atoms with Gasteiger partial charge in [-0.25, -0.2) is 9.38 Å². The Bertz CT molecular complexity index is 3000. The lowest BCUT2D eigenvalue weighted by molar-refractivity contribution is 0.627. The van der Waals surface area contributed by atoms with Gasteiger partial charge in [-0.05, 0) is 111 Å². The summed E-state index contributed by atoms with van der Waals surface area (Å²) < 4.78 is 16.5. The number of guanidine groups is 1. The average molecular weight is 751 g/mol. The van der Waals surface area contributed by atoms with Gasteiger partial charge in [-0.2, -0.15) is 0 Å². The summed E-state index contributed by atoms with van der Waals surface area (Å²) in [7, 11) is 0. The van der Waals surface area contributed by atoms with Gasteiger partial charge in [0.15, 0.2) is 0 Å². The number of benzene rings is 7. The molecular formula is C53H39FN4. The van der Waals surface area contributed by atoms with Crippen LogP contribution in [0.3, 0.4) is 0 Å². The van der Waals surface area contributed by atoms with Crippen molar-refractivity contribution in [2.45, 2.75) is 12.0 Å². The number of aliphatic imine (C=N–C) groups is 1. The Balaban J connectivity index is 0.920. The molecule has 4 nitrogen and oxygen atoms in total. The van der Waals surface area contributed by atoms with Gasteiger partial charge in [0.25, 0.3) is 0 Å². The molecule has 0 bridgehead atoms. The zero-order valence-electron chi connectivity index (χ0n) is 31.7. The first-order valence-corrected chi connectivity index (χ1v) is 19.5. The van der Waals surface area contributed by atoms with Gasteiger partial charge in [-0.1, -0.05) is 140 Å². The summed E-state index contributed by atoms with van der Waals surface area (Å²) >= 11 is 0. The maximum absolute atomic E-state index is 14.4. The van der Waals surface area contributed by atoms with Crippen molar-refractivity contribution in [3.05, 3.63) is 224 Å². The zero-order chi connectivity index (χ0) is 39.2. The van der Waals surface area contributed by atoms with Gasteiger partial charge in [0.2, 0.25) is 5.96 Å². The number of fused-ring (bicyclic) bond motifs is 6. The first-order chi connectivity index (χ1) is 28.5. The molecule has 2 atom stereocenters. The Kier molecular flexibility index (Phi) is 8.76. The van der Waals surface area contributed by atoms with Crippen molar-refractivity contribution in [1.29, 1.82) is 0 Å². The molecule has 58 heavy (non-hydrogen) atoms. The molecule has 2 heterocycles. The second kappa shape index (κ2) is 14.5. The highest BCUT2D eigenvalue weighted by atomic mass is 19.1. The summed E-state index contributed by atoms with van der Waals surface area (Å²) in [6.45, 7) is 4.36. The topological polar surface area (TPSA) is 46.5 Å². The van der Waals surface area contributed by atoms with Crippen LogP contribution in [0.2, 0.25) is 0 Å². The SMILES string of the molecule is C=C(/C=C\N=C(N)N1c2ccc(-c3ccc4c(c3)c3ccccc3n4-c3cccc(F)c3)cc2C2C=CC=CC21)c1cccc(-c2ccc(-c3ccccc3)cc2)c1. The van der Waals surface area contributed by atoms with Gasteiger partial charge in [0.1, 0.15) is 5.82 Å². The second-order valence-electron chi connectivity index (χ2n) is 14.8. The van der Waals surface area contributed by atoms with Crippen LogP contribution in [0, 0.1) is 5.82 Å². The van der Waals surface area contributed by atoms with Crippen molar-refractivity contribution in [1.82, 2.24) is 4.57 Å². The number of halogens is 1. The van der Waals surface area contributed by atoms with Crippen molar-refractivity contribution in [2.75, 3.05) is 4.90 Å². The second-order valence-corrected chi connectivity index (χ2v) is 14.8. The van der Waals surface area contributed by atoms with Gasteiger partial charge in [0, 0.05) is 34.3 Å². The van der Waals surface area contributed by atoms with Crippen molar-refractivity contribution in [3.63, 3.8) is 0 Å². The van der Waals surface area contributed by atoms with Crippen LogP contribution in [-0.4, -0.2) is 16.6 Å². The average Bonchev–Trinajstić information content (AvgIpc) is 3.79. The van der Waals surface area contributed by atoms with Crippen molar-refractivity contribution >= 4 is 39.0 Å². The number of aromatic nitrogens is 1. The van der Waals surface area contributed by atoms with Crippen molar-refractivity contribution < 1.29 is 4.39 Å². The molecule has 0 radical (unpaired) electrons. The fraction of sp³-hybridized carbons (Fsp3) is 0.0377. The Labute approximate surface area is 337 Å².